The first kappa shape index (κ1) is 13.8. The van der Waals surface area contributed by atoms with Crippen molar-refractivity contribution in [2.75, 3.05) is 10.6 Å². The van der Waals surface area contributed by atoms with Gasteiger partial charge in [0.1, 0.15) is 0 Å². The molecule has 1 aromatic carbocycles. The van der Waals surface area contributed by atoms with Crippen LogP contribution >= 0.6 is 11.3 Å². The average molecular weight is 301 g/mol. The van der Waals surface area contributed by atoms with Gasteiger partial charge in [0, 0.05) is 28.7 Å². The average Bonchev–Trinajstić information content (AvgIpc) is 2.90. The molecule has 2 aromatic rings. The van der Waals surface area contributed by atoms with Crippen LogP contribution in [0.15, 0.2) is 35.8 Å². The number of rotatable bonds is 4. The molecule has 108 valence electrons. The summed E-state index contributed by atoms with van der Waals surface area (Å²) in [5.41, 5.74) is 1.25. The Morgan fingerprint density at radius 2 is 1.90 bits per heavy atom. The summed E-state index contributed by atoms with van der Waals surface area (Å²) in [7, 11) is 0. The first-order valence-electron chi connectivity index (χ1n) is 6.84. The monoisotopic (exact) mass is 301 g/mol. The molecule has 0 atom stereocenters. The van der Waals surface area contributed by atoms with Crippen LogP contribution in [0.5, 0.6) is 0 Å². The maximum Gasteiger partial charge on any atom is 0.257 e. The second-order valence-corrected chi connectivity index (χ2v) is 5.88. The van der Waals surface area contributed by atoms with Crippen molar-refractivity contribution in [3.63, 3.8) is 0 Å². The standard InChI is InChI=1S/C15H15N3O2S/c19-13(10-2-1-3-10)17-12-6-4-11(5-7-12)14(20)18-15-16-8-9-21-15/h4-10H,1-3H2,(H,17,19)(H,16,18,20). The van der Waals surface area contributed by atoms with Crippen LogP contribution in [0.1, 0.15) is 29.6 Å². The van der Waals surface area contributed by atoms with Crippen molar-refractivity contribution in [3.05, 3.63) is 41.4 Å². The molecule has 1 saturated carbocycles. The fourth-order valence-electron chi connectivity index (χ4n) is 2.07. The highest BCUT2D eigenvalue weighted by Crippen LogP contribution is 2.27. The molecule has 6 heteroatoms. The molecular formula is C15H15N3O2S. The van der Waals surface area contributed by atoms with Gasteiger partial charge in [-0.1, -0.05) is 6.42 Å². The minimum Gasteiger partial charge on any atom is -0.326 e. The van der Waals surface area contributed by atoms with E-state index in [1.54, 1.807) is 35.8 Å². The van der Waals surface area contributed by atoms with Gasteiger partial charge in [-0.2, -0.15) is 0 Å². The van der Waals surface area contributed by atoms with E-state index in [-0.39, 0.29) is 17.7 Å². The number of carbonyl (C=O) groups is 2. The minimum atomic E-state index is -0.207. The van der Waals surface area contributed by atoms with Crippen molar-refractivity contribution in [3.8, 4) is 0 Å². The van der Waals surface area contributed by atoms with Crippen LogP contribution in [-0.2, 0) is 4.79 Å². The summed E-state index contributed by atoms with van der Waals surface area (Å²) in [4.78, 5) is 27.8. The molecule has 2 amide bonds. The zero-order chi connectivity index (χ0) is 14.7. The Morgan fingerprint density at radius 1 is 1.14 bits per heavy atom. The maximum absolute atomic E-state index is 12.0. The fourth-order valence-corrected chi connectivity index (χ4v) is 2.60. The Morgan fingerprint density at radius 3 is 2.48 bits per heavy atom. The molecule has 0 spiro atoms. The molecule has 0 bridgehead atoms. The summed E-state index contributed by atoms with van der Waals surface area (Å²) in [6.45, 7) is 0. The van der Waals surface area contributed by atoms with E-state index < -0.39 is 0 Å². The van der Waals surface area contributed by atoms with Crippen LogP contribution in [-0.4, -0.2) is 16.8 Å². The Hall–Kier alpha value is -2.21. The van der Waals surface area contributed by atoms with Gasteiger partial charge in [0.05, 0.1) is 0 Å². The summed E-state index contributed by atoms with van der Waals surface area (Å²) in [6.07, 6.45) is 4.72. The number of nitrogens with one attached hydrogen (secondary N) is 2. The van der Waals surface area contributed by atoms with E-state index in [1.165, 1.54) is 11.3 Å². The second kappa shape index (κ2) is 6.05. The fraction of sp³-hybridized carbons (Fsp3) is 0.267. The number of hydrogen-bond donors (Lipinski definition) is 2. The summed E-state index contributed by atoms with van der Waals surface area (Å²) >= 11 is 1.37. The molecular weight excluding hydrogens is 286 g/mol. The Kier molecular flexibility index (Phi) is 3.96. The van der Waals surface area contributed by atoms with Gasteiger partial charge in [-0.3, -0.25) is 14.9 Å². The van der Waals surface area contributed by atoms with Crippen molar-refractivity contribution in [1.82, 2.24) is 4.98 Å². The molecule has 21 heavy (non-hydrogen) atoms. The zero-order valence-electron chi connectivity index (χ0n) is 11.3. The highest BCUT2D eigenvalue weighted by atomic mass is 32.1. The molecule has 0 aliphatic heterocycles. The lowest BCUT2D eigenvalue weighted by molar-refractivity contribution is -0.122. The zero-order valence-corrected chi connectivity index (χ0v) is 12.2. The molecule has 0 saturated heterocycles. The van der Waals surface area contributed by atoms with Crippen LogP contribution in [0.2, 0.25) is 0 Å². The number of nitrogens with zero attached hydrogens (tertiary/aromatic N) is 1. The summed E-state index contributed by atoms with van der Waals surface area (Å²) in [5.74, 6) is 0.0148. The van der Waals surface area contributed by atoms with E-state index in [0.29, 0.717) is 10.7 Å². The van der Waals surface area contributed by atoms with E-state index in [1.807, 2.05) is 0 Å². The molecule has 1 fully saturated rings. The van der Waals surface area contributed by atoms with Crippen LogP contribution in [0.25, 0.3) is 0 Å². The maximum atomic E-state index is 12.0. The van der Waals surface area contributed by atoms with E-state index in [0.717, 1.165) is 24.9 Å². The van der Waals surface area contributed by atoms with Crippen molar-refractivity contribution in [1.29, 1.82) is 0 Å². The summed E-state index contributed by atoms with van der Waals surface area (Å²) in [6, 6.07) is 6.87. The minimum absolute atomic E-state index is 0.0706. The van der Waals surface area contributed by atoms with Crippen molar-refractivity contribution in [2.45, 2.75) is 19.3 Å². The molecule has 1 heterocycles. The van der Waals surface area contributed by atoms with E-state index in [4.69, 9.17) is 0 Å². The van der Waals surface area contributed by atoms with E-state index in [9.17, 15) is 9.59 Å². The van der Waals surface area contributed by atoms with Gasteiger partial charge in [0.15, 0.2) is 5.13 Å². The second-order valence-electron chi connectivity index (χ2n) is 4.99. The van der Waals surface area contributed by atoms with Gasteiger partial charge >= 0.3 is 0 Å². The van der Waals surface area contributed by atoms with Crippen LogP contribution in [0.3, 0.4) is 0 Å². The third-order valence-corrected chi connectivity index (χ3v) is 4.23. The van der Waals surface area contributed by atoms with Crippen LogP contribution < -0.4 is 10.6 Å². The van der Waals surface area contributed by atoms with Gasteiger partial charge in [0.25, 0.3) is 5.91 Å². The topological polar surface area (TPSA) is 71.1 Å². The molecule has 0 unspecified atom stereocenters. The number of anilines is 2. The normalized spacial score (nSPS) is 14.3. The third kappa shape index (κ3) is 3.28. The third-order valence-electron chi connectivity index (χ3n) is 3.54. The highest BCUT2D eigenvalue weighted by molar-refractivity contribution is 7.13. The van der Waals surface area contributed by atoms with Gasteiger partial charge < -0.3 is 5.32 Å². The van der Waals surface area contributed by atoms with Crippen molar-refractivity contribution >= 4 is 34.0 Å². The quantitative estimate of drug-likeness (QED) is 0.911. The molecule has 0 radical (unpaired) electrons. The van der Waals surface area contributed by atoms with Crippen LogP contribution in [0, 0.1) is 5.92 Å². The number of thiazole rings is 1. The Bertz CT molecular complexity index is 633. The molecule has 1 aliphatic carbocycles. The van der Waals surface area contributed by atoms with Crippen molar-refractivity contribution in [2.24, 2.45) is 5.92 Å². The van der Waals surface area contributed by atoms with Gasteiger partial charge in [-0.15, -0.1) is 11.3 Å². The molecule has 3 rings (SSSR count). The lowest BCUT2D eigenvalue weighted by Gasteiger charge is -2.24. The SMILES string of the molecule is O=C(Nc1nccs1)c1ccc(NC(=O)C2CCC2)cc1. The van der Waals surface area contributed by atoms with Gasteiger partial charge in [0.2, 0.25) is 5.91 Å². The Labute approximate surface area is 126 Å². The lowest BCUT2D eigenvalue weighted by Crippen LogP contribution is -2.28. The lowest BCUT2D eigenvalue weighted by atomic mass is 9.85. The number of benzene rings is 1. The van der Waals surface area contributed by atoms with E-state index in [2.05, 4.69) is 15.6 Å². The smallest absolute Gasteiger partial charge is 0.257 e. The molecule has 1 aliphatic rings. The summed E-state index contributed by atoms with van der Waals surface area (Å²) in [5, 5.41) is 7.96. The summed E-state index contributed by atoms with van der Waals surface area (Å²) < 4.78 is 0. The van der Waals surface area contributed by atoms with Gasteiger partial charge in [-0.25, -0.2) is 4.98 Å². The predicted molar refractivity (Wildman–Crippen MR) is 82.5 cm³/mol. The van der Waals surface area contributed by atoms with Gasteiger partial charge in [-0.05, 0) is 37.1 Å². The highest BCUT2D eigenvalue weighted by Gasteiger charge is 2.25. The number of aromatic nitrogens is 1. The van der Waals surface area contributed by atoms with E-state index >= 15 is 0 Å². The predicted octanol–water partition coefficient (Wildman–Crippen LogP) is 3.13. The first-order valence-corrected chi connectivity index (χ1v) is 7.72. The molecule has 2 N–H and O–H groups in total. The van der Waals surface area contributed by atoms with Crippen molar-refractivity contribution < 1.29 is 9.59 Å². The number of hydrogen-bond acceptors (Lipinski definition) is 4. The largest absolute Gasteiger partial charge is 0.326 e. The first-order chi connectivity index (χ1) is 10.2. The van der Waals surface area contributed by atoms with Crippen LogP contribution in [0.4, 0.5) is 10.8 Å². The number of amides is 2. The molecule has 5 nitrogen and oxygen atoms in total. The number of carbonyl (C=O) groups excluding carboxylic acids is 2. The molecule has 1 aromatic heterocycles. The Balaban J connectivity index is 1.60.